The molecule has 1 aliphatic carbocycles. The number of hydrogen-bond acceptors (Lipinski definition) is 4. The smallest absolute Gasteiger partial charge is 0.337 e. The van der Waals surface area contributed by atoms with Crippen LogP contribution in [-0.2, 0) is 9.53 Å². The van der Waals surface area contributed by atoms with E-state index in [0.717, 1.165) is 18.5 Å². The van der Waals surface area contributed by atoms with E-state index in [-0.39, 0.29) is 18.4 Å². The van der Waals surface area contributed by atoms with Gasteiger partial charge in [0.1, 0.15) is 0 Å². The number of rotatable bonds is 5. The maximum Gasteiger partial charge on any atom is 0.337 e. The zero-order chi connectivity index (χ0) is 14.4. The van der Waals surface area contributed by atoms with Crippen LogP contribution in [0.5, 0.6) is 0 Å². The lowest BCUT2D eigenvalue weighted by Gasteiger charge is -2.12. The largest absolute Gasteiger partial charge is 0.465 e. The van der Waals surface area contributed by atoms with Crippen molar-refractivity contribution in [3.8, 4) is 0 Å². The molecule has 0 saturated heterocycles. The molecule has 1 amide bonds. The van der Waals surface area contributed by atoms with Gasteiger partial charge in [-0.15, -0.1) is 0 Å². The van der Waals surface area contributed by atoms with Gasteiger partial charge in [-0.25, -0.2) is 4.79 Å². The molecular formula is C15H20N2O3. The topological polar surface area (TPSA) is 67.4 Å². The first-order chi connectivity index (χ1) is 9.69. The summed E-state index contributed by atoms with van der Waals surface area (Å²) in [5.41, 5.74) is 1.30. The Kier molecular flexibility index (Phi) is 4.98. The Morgan fingerprint density at radius 2 is 1.85 bits per heavy atom. The molecule has 0 heterocycles. The molecule has 0 atom stereocenters. The van der Waals surface area contributed by atoms with E-state index in [9.17, 15) is 9.59 Å². The van der Waals surface area contributed by atoms with Gasteiger partial charge in [0.2, 0.25) is 5.91 Å². The fourth-order valence-electron chi connectivity index (χ4n) is 2.37. The maximum absolute atomic E-state index is 11.7. The lowest BCUT2D eigenvalue weighted by molar-refractivity contribution is -0.120. The summed E-state index contributed by atoms with van der Waals surface area (Å²) in [5.74, 6) is -0.357. The van der Waals surface area contributed by atoms with Crippen molar-refractivity contribution in [3.63, 3.8) is 0 Å². The van der Waals surface area contributed by atoms with Gasteiger partial charge in [-0.05, 0) is 37.1 Å². The molecule has 1 aliphatic rings. The fourth-order valence-corrected chi connectivity index (χ4v) is 2.37. The lowest BCUT2D eigenvalue weighted by atomic mass is 10.2. The summed E-state index contributed by atoms with van der Waals surface area (Å²) in [6.45, 7) is 0.244. The van der Waals surface area contributed by atoms with Crippen LogP contribution in [0.2, 0.25) is 0 Å². The van der Waals surface area contributed by atoms with Crippen molar-refractivity contribution in [2.75, 3.05) is 19.0 Å². The summed E-state index contributed by atoms with van der Waals surface area (Å²) < 4.78 is 4.63. The van der Waals surface area contributed by atoms with Crippen molar-refractivity contribution in [2.24, 2.45) is 0 Å². The molecule has 0 aliphatic heterocycles. The van der Waals surface area contributed by atoms with Crippen LogP contribution in [0.4, 0.5) is 5.69 Å². The van der Waals surface area contributed by atoms with Crippen LogP contribution in [0.1, 0.15) is 36.0 Å². The molecule has 20 heavy (non-hydrogen) atoms. The third-order valence-electron chi connectivity index (χ3n) is 3.48. The molecule has 1 aromatic carbocycles. The minimum Gasteiger partial charge on any atom is -0.465 e. The summed E-state index contributed by atoms with van der Waals surface area (Å²) in [6.07, 6.45) is 4.57. The van der Waals surface area contributed by atoms with E-state index in [4.69, 9.17) is 0 Å². The number of hydrogen-bond donors (Lipinski definition) is 2. The van der Waals surface area contributed by atoms with E-state index in [1.807, 2.05) is 0 Å². The summed E-state index contributed by atoms with van der Waals surface area (Å²) in [7, 11) is 1.35. The highest BCUT2D eigenvalue weighted by Gasteiger charge is 2.16. The number of benzene rings is 1. The second-order valence-electron chi connectivity index (χ2n) is 4.97. The van der Waals surface area contributed by atoms with Crippen LogP contribution in [-0.4, -0.2) is 31.6 Å². The Hall–Kier alpha value is -2.04. The molecule has 5 nitrogen and oxygen atoms in total. The maximum atomic E-state index is 11.7. The van der Waals surface area contributed by atoms with Crippen molar-refractivity contribution in [1.29, 1.82) is 0 Å². The molecule has 5 heteroatoms. The number of carbonyl (C=O) groups is 2. The molecule has 1 aromatic rings. The molecule has 0 spiro atoms. The first-order valence-electron chi connectivity index (χ1n) is 6.90. The van der Waals surface area contributed by atoms with Gasteiger partial charge >= 0.3 is 5.97 Å². The van der Waals surface area contributed by atoms with Crippen molar-refractivity contribution in [2.45, 2.75) is 31.7 Å². The number of ether oxygens (including phenoxy) is 1. The normalized spacial score (nSPS) is 14.8. The van der Waals surface area contributed by atoms with E-state index >= 15 is 0 Å². The molecule has 0 aromatic heterocycles. The molecule has 1 saturated carbocycles. The van der Waals surface area contributed by atoms with E-state index in [2.05, 4.69) is 15.4 Å². The quantitative estimate of drug-likeness (QED) is 0.807. The number of esters is 1. The summed E-state index contributed by atoms with van der Waals surface area (Å²) in [4.78, 5) is 23.0. The van der Waals surface area contributed by atoms with Gasteiger partial charge in [-0.3, -0.25) is 4.79 Å². The molecule has 0 unspecified atom stereocenters. The Morgan fingerprint density at radius 1 is 1.20 bits per heavy atom. The van der Waals surface area contributed by atoms with Crippen LogP contribution < -0.4 is 10.6 Å². The van der Waals surface area contributed by atoms with Crippen LogP contribution in [0.15, 0.2) is 24.3 Å². The van der Waals surface area contributed by atoms with E-state index in [0.29, 0.717) is 11.6 Å². The molecule has 0 radical (unpaired) electrons. The van der Waals surface area contributed by atoms with Crippen molar-refractivity contribution in [3.05, 3.63) is 29.8 Å². The molecule has 2 rings (SSSR count). The summed E-state index contributed by atoms with van der Waals surface area (Å²) in [5, 5.41) is 6.05. The van der Waals surface area contributed by atoms with Gasteiger partial charge in [0.05, 0.1) is 19.2 Å². The third kappa shape index (κ3) is 3.98. The Labute approximate surface area is 118 Å². The van der Waals surface area contributed by atoms with Crippen molar-refractivity contribution >= 4 is 17.6 Å². The van der Waals surface area contributed by atoms with E-state index in [1.165, 1.54) is 20.0 Å². The highest BCUT2D eigenvalue weighted by atomic mass is 16.5. The van der Waals surface area contributed by atoms with E-state index in [1.54, 1.807) is 24.3 Å². The minimum atomic E-state index is -0.365. The average molecular weight is 276 g/mol. The van der Waals surface area contributed by atoms with Crippen LogP contribution in [0.25, 0.3) is 0 Å². The highest BCUT2D eigenvalue weighted by Crippen LogP contribution is 2.17. The predicted molar refractivity (Wildman–Crippen MR) is 76.7 cm³/mol. The second-order valence-corrected chi connectivity index (χ2v) is 4.97. The number of carbonyl (C=O) groups excluding carboxylic acids is 2. The predicted octanol–water partition coefficient (Wildman–Crippen LogP) is 1.94. The third-order valence-corrected chi connectivity index (χ3v) is 3.48. The molecule has 108 valence electrons. The Bertz CT molecular complexity index is 465. The molecule has 1 fully saturated rings. The standard InChI is InChI=1S/C15H20N2O3/c1-20-15(19)11-6-8-12(9-7-11)16-10-14(18)17-13-4-2-3-5-13/h6-9,13,16H,2-5,10H2,1H3,(H,17,18). The SMILES string of the molecule is COC(=O)c1ccc(NCC(=O)NC2CCCC2)cc1. The van der Waals surface area contributed by atoms with Gasteiger partial charge in [0.15, 0.2) is 0 Å². The van der Waals surface area contributed by atoms with Gasteiger partial charge in [-0.1, -0.05) is 12.8 Å². The highest BCUT2D eigenvalue weighted by molar-refractivity contribution is 5.89. The van der Waals surface area contributed by atoms with E-state index < -0.39 is 0 Å². The molecule has 2 N–H and O–H groups in total. The van der Waals surface area contributed by atoms with Gasteiger partial charge in [0.25, 0.3) is 0 Å². The number of amides is 1. The number of methoxy groups -OCH3 is 1. The molecule has 0 bridgehead atoms. The monoisotopic (exact) mass is 276 g/mol. The average Bonchev–Trinajstić information content (AvgIpc) is 2.97. The zero-order valence-electron chi connectivity index (χ0n) is 11.6. The lowest BCUT2D eigenvalue weighted by Crippen LogP contribution is -2.36. The first kappa shape index (κ1) is 14.4. The van der Waals surface area contributed by atoms with Crippen molar-refractivity contribution in [1.82, 2.24) is 5.32 Å². The number of anilines is 1. The summed E-state index contributed by atoms with van der Waals surface area (Å²) >= 11 is 0. The molecular weight excluding hydrogens is 256 g/mol. The Morgan fingerprint density at radius 3 is 2.45 bits per heavy atom. The second kappa shape index (κ2) is 6.93. The Balaban J connectivity index is 1.78. The van der Waals surface area contributed by atoms with Gasteiger partial charge < -0.3 is 15.4 Å². The zero-order valence-corrected chi connectivity index (χ0v) is 11.6. The van der Waals surface area contributed by atoms with Gasteiger partial charge in [0, 0.05) is 11.7 Å². The fraction of sp³-hybridized carbons (Fsp3) is 0.467. The van der Waals surface area contributed by atoms with Crippen LogP contribution in [0.3, 0.4) is 0 Å². The van der Waals surface area contributed by atoms with Crippen molar-refractivity contribution < 1.29 is 14.3 Å². The minimum absolute atomic E-state index is 0.00828. The first-order valence-corrected chi connectivity index (χ1v) is 6.90. The summed E-state index contributed by atoms with van der Waals surface area (Å²) in [6, 6.07) is 7.20. The number of nitrogens with one attached hydrogen (secondary N) is 2. The van der Waals surface area contributed by atoms with Crippen LogP contribution >= 0.6 is 0 Å². The van der Waals surface area contributed by atoms with Crippen LogP contribution in [0, 0.1) is 0 Å². The van der Waals surface area contributed by atoms with Gasteiger partial charge in [-0.2, -0.15) is 0 Å².